The molecule has 3 aromatic rings. The van der Waals surface area contributed by atoms with E-state index in [4.69, 9.17) is 9.47 Å². The first-order chi connectivity index (χ1) is 20.6. The zero-order valence-corrected chi connectivity index (χ0v) is 25.4. The van der Waals surface area contributed by atoms with Crippen molar-refractivity contribution < 1.29 is 19.1 Å². The van der Waals surface area contributed by atoms with E-state index >= 15 is 0 Å². The summed E-state index contributed by atoms with van der Waals surface area (Å²) in [7, 11) is 0. The van der Waals surface area contributed by atoms with Crippen LogP contribution in [0.15, 0.2) is 59.7 Å². The molecule has 1 saturated heterocycles. The summed E-state index contributed by atoms with van der Waals surface area (Å²) in [6, 6.07) is 18.3. The second kappa shape index (κ2) is 12.3. The topological polar surface area (TPSA) is 120 Å². The normalized spacial score (nSPS) is 14.4. The number of fused-ring (bicyclic) bond motifs is 3. The summed E-state index contributed by atoms with van der Waals surface area (Å²) >= 11 is 0. The summed E-state index contributed by atoms with van der Waals surface area (Å²) < 4.78 is 11.3. The van der Waals surface area contributed by atoms with Gasteiger partial charge in [-0.1, -0.05) is 53.6 Å². The maximum atomic E-state index is 12.9. The van der Waals surface area contributed by atoms with Gasteiger partial charge in [0.15, 0.2) is 0 Å². The van der Waals surface area contributed by atoms with Gasteiger partial charge in [0.25, 0.3) is 0 Å². The number of alkyl carbamates (subject to hydrolysis) is 1. The largest absolute Gasteiger partial charge is 0.449 e. The average molecular weight is 583 g/mol. The molecule has 0 radical (unpaired) electrons. The first kappa shape index (κ1) is 29.8. The van der Waals surface area contributed by atoms with E-state index in [-0.39, 0.29) is 25.2 Å². The Bertz CT molecular complexity index is 1540. The van der Waals surface area contributed by atoms with Crippen molar-refractivity contribution in [2.75, 3.05) is 37.7 Å². The van der Waals surface area contributed by atoms with Gasteiger partial charge >= 0.3 is 12.2 Å². The zero-order chi connectivity index (χ0) is 30.7. The quantitative estimate of drug-likeness (QED) is 0.185. The van der Waals surface area contributed by atoms with Crippen LogP contribution >= 0.6 is 0 Å². The van der Waals surface area contributed by atoms with Crippen LogP contribution in [0.5, 0.6) is 0 Å². The fourth-order valence-corrected chi connectivity index (χ4v) is 6.00. The number of amides is 2. The lowest BCUT2D eigenvalue weighted by Crippen LogP contribution is -2.50. The molecule has 2 aliphatic rings. The van der Waals surface area contributed by atoms with E-state index < -0.39 is 11.7 Å². The number of anilines is 1. The zero-order valence-electron chi connectivity index (χ0n) is 25.4. The Morgan fingerprint density at radius 3 is 2.16 bits per heavy atom. The molecular weight excluding hydrogens is 544 g/mol. The minimum Gasteiger partial charge on any atom is -0.449 e. The number of piperazine rings is 1. The molecule has 3 aromatic carbocycles. The van der Waals surface area contributed by atoms with Crippen LogP contribution < -0.4 is 10.2 Å². The molecule has 0 atom stereocenters. The second-order valence-corrected chi connectivity index (χ2v) is 12.0. The molecular formula is C33H38N6O4. The first-order valence-electron chi connectivity index (χ1n) is 14.6. The van der Waals surface area contributed by atoms with Crippen molar-refractivity contribution in [3.05, 3.63) is 92.9 Å². The second-order valence-electron chi connectivity index (χ2n) is 12.0. The van der Waals surface area contributed by atoms with Gasteiger partial charge in [0.1, 0.15) is 12.2 Å². The van der Waals surface area contributed by atoms with Crippen LogP contribution in [0.1, 0.15) is 54.5 Å². The summed E-state index contributed by atoms with van der Waals surface area (Å²) in [6.45, 7) is 12.1. The molecule has 10 heteroatoms. The van der Waals surface area contributed by atoms with Gasteiger partial charge in [0.05, 0.1) is 0 Å². The van der Waals surface area contributed by atoms with E-state index in [2.05, 4.69) is 44.5 Å². The van der Waals surface area contributed by atoms with E-state index in [1.54, 1.807) is 4.90 Å². The van der Waals surface area contributed by atoms with Crippen LogP contribution in [-0.2, 0) is 16.0 Å². The third-order valence-corrected chi connectivity index (χ3v) is 8.05. The predicted octanol–water partition coefficient (Wildman–Crippen LogP) is 7.34. The molecule has 2 amide bonds. The molecule has 1 N–H and O–H groups in total. The molecule has 10 nitrogen and oxygen atoms in total. The molecule has 0 saturated carbocycles. The summed E-state index contributed by atoms with van der Waals surface area (Å²) in [4.78, 5) is 32.4. The van der Waals surface area contributed by atoms with Crippen molar-refractivity contribution in [1.29, 1.82) is 0 Å². The van der Waals surface area contributed by atoms with E-state index in [1.807, 2.05) is 65.0 Å². The highest BCUT2D eigenvalue weighted by Crippen LogP contribution is 2.44. The summed E-state index contributed by atoms with van der Waals surface area (Å²) in [5.41, 5.74) is 17.4. The lowest BCUT2D eigenvalue weighted by molar-refractivity contribution is 0.0240. The highest BCUT2D eigenvalue weighted by molar-refractivity contribution is 5.79. The third-order valence-electron chi connectivity index (χ3n) is 8.05. The monoisotopic (exact) mass is 582 g/mol. The van der Waals surface area contributed by atoms with E-state index in [0.29, 0.717) is 31.9 Å². The number of nitrogens with zero attached hydrogens (tertiary/aromatic N) is 5. The van der Waals surface area contributed by atoms with Crippen LogP contribution in [0.25, 0.3) is 21.6 Å². The number of carbonyl (C=O) groups is 2. The van der Waals surface area contributed by atoms with Gasteiger partial charge in [-0.2, -0.15) is 0 Å². The van der Waals surface area contributed by atoms with Gasteiger partial charge in [-0.3, -0.25) is 0 Å². The molecule has 1 aliphatic heterocycles. The number of ether oxygens (including phenoxy) is 2. The van der Waals surface area contributed by atoms with Crippen molar-refractivity contribution in [3.63, 3.8) is 0 Å². The van der Waals surface area contributed by atoms with Gasteiger partial charge in [-0.05, 0) is 85.2 Å². The van der Waals surface area contributed by atoms with Gasteiger partial charge in [-0.25, -0.2) is 9.59 Å². The maximum Gasteiger partial charge on any atom is 0.410 e. The van der Waals surface area contributed by atoms with Crippen molar-refractivity contribution in [2.24, 2.45) is 5.11 Å². The lowest BCUT2D eigenvalue weighted by atomic mass is 9.98. The Morgan fingerprint density at radius 2 is 1.58 bits per heavy atom. The molecule has 0 bridgehead atoms. The standard InChI is InChI=1S/C33H38N6O4/c1-21-23(19-35-31(40)42-20-28-26-12-8-6-10-24(26)25-11-7-9-13-27(25)28)18-29(36-37-34)22(2)30(21)38-14-16-39(17-15-38)32(41)43-33(3,4)5/h6-13,18,28H,14-17,19-20H2,1-5H3,(H,35,40). The molecule has 5 rings (SSSR count). The molecule has 0 spiro atoms. The van der Waals surface area contributed by atoms with Crippen molar-refractivity contribution in [3.8, 4) is 11.1 Å². The highest BCUT2D eigenvalue weighted by atomic mass is 16.6. The van der Waals surface area contributed by atoms with E-state index in [9.17, 15) is 15.1 Å². The van der Waals surface area contributed by atoms with Crippen LogP contribution in [0.3, 0.4) is 0 Å². The maximum absolute atomic E-state index is 12.9. The van der Waals surface area contributed by atoms with Gasteiger partial charge in [0.2, 0.25) is 0 Å². The highest BCUT2D eigenvalue weighted by Gasteiger charge is 2.30. The average Bonchev–Trinajstić information content (AvgIpc) is 3.30. The molecule has 0 aromatic heterocycles. The SMILES string of the molecule is Cc1c(CNC(=O)OCC2c3ccccc3-c3ccccc32)cc(N=[N+]=[N-])c(C)c1N1CCN(C(=O)OC(C)(C)C)CC1. The van der Waals surface area contributed by atoms with Crippen LogP contribution in [-0.4, -0.2) is 55.5 Å². The Kier molecular flexibility index (Phi) is 8.50. The van der Waals surface area contributed by atoms with E-state index in [0.717, 1.165) is 33.5 Å². The van der Waals surface area contributed by atoms with Crippen LogP contribution in [0.2, 0.25) is 0 Å². The molecule has 43 heavy (non-hydrogen) atoms. The molecule has 1 heterocycles. The lowest BCUT2D eigenvalue weighted by Gasteiger charge is -2.38. The number of carbonyl (C=O) groups excluding carboxylic acids is 2. The predicted molar refractivity (Wildman–Crippen MR) is 167 cm³/mol. The smallest absolute Gasteiger partial charge is 0.410 e. The van der Waals surface area contributed by atoms with E-state index in [1.165, 1.54) is 11.1 Å². The van der Waals surface area contributed by atoms with Crippen LogP contribution in [0, 0.1) is 13.8 Å². The molecule has 224 valence electrons. The third kappa shape index (κ3) is 6.39. The minimum absolute atomic E-state index is 0.0261. The van der Waals surface area contributed by atoms with Crippen molar-refractivity contribution >= 4 is 23.6 Å². The summed E-state index contributed by atoms with van der Waals surface area (Å²) in [6.07, 6.45) is -0.837. The van der Waals surface area contributed by atoms with Gasteiger partial charge in [-0.15, -0.1) is 0 Å². The molecule has 0 unspecified atom stereocenters. The fraction of sp³-hybridized carbons (Fsp3) is 0.394. The first-order valence-corrected chi connectivity index (χ1v) is 14.6. The Morgan fingerprint density at radius 1 is 0.977 bits per heavy atom. The minimum atomic E-state index is -0.555. The van der Waals surface area contributed by atoms with Gasteiger partial charge in [0, 0.05) is 54.9 Å². The number of nitrogens with one attached hydrogen (secondary N) is 1. The fourth-order valence-electron chi connectivity index (χ4n) is 6.00. The number of hydrogen-bond donors (Lipinski definition) is 1. The van der Waals surface area contributed by atoms with Crippen molar-refractivity contribution in [1.82, 2.24) is 10.2 Å². The molecule has 1 fully saturated rings. The summed E-state index contributed by atoms with van der Waals surface area (Å²) in [5.74, 6) is -0.0261. The number of benzene rings is 3. The number of hydrogen-bond acceptors (Lipinski definition) is 6. The van der Waals surface area contributed by atoms with Gasteiger partial charge < -0.3 is 24.6 Å². The molecule has 1 aliphatic carbocycles. The van der Waals surface area contributed by atoms with Crippen molar-refractivity contribution in [2.45, 2.75) is 52.7 Å². The number of rotatable bonds is 6. The Hall–Kier alpha value is -4.69. The Balaban J connectivity index is 1.27. The van der Waals surface area contributed by atoms with Crippen LogP contribution in [0.4, 0.5) is 21.0 Å². The number of azide groups is 1. The summed E-state index contributed by atoms with van der Waals surface area (Å²) in [5, 5.41) is 6.82. The Labute approximate surface area is 252 Å².